The molecule has 1 saturated carbocycles. The number of nitriles is 1. The summed E-state index contributed by atoms with van der Waals surface area (Å²) in [4.78, 5) is 0. The molecule has 1 N–H and O–H groups in total. The molecule has 0 saturated heterocycles. The molecule has 3 nitrogen and oxygen atoms in total. The molecular weight excluding hydrogens is 234 g/mol. The number of benzene rings is 1. The normalized spacial score (nSPS) is 21.1. The van der Waals surface area contributed by atoms with Crippen LogP contribution in [0.1, 0.15) is 29.2 Å². The van der Waals surface area contributed by atoms with Crippen molar-refractivity contribution in [2.24, 2.45) is 7.05 Å². The Balaban J connectivity index is 1.56. The first-order valence-corrected chi connectivity index (χ1v) is 6.61. The van der Waals surface area contributed by atoms with Crippen molar-refractivity contribution >= 4 is 0 Å². The van der Waals surface area contributed by atoms with Crippen LogP contribution in [0.15, 0.2) is 42.6 Å². The van der Waals surface area contributed by atoms with E-state index in [9.17, 15) is 0 Å². The van der Waals surface area contributed by atoms with E-state index in [0.29, 0.717) is 17.7 Å². The van der Waals surface area contributed by atoms with Gasteiger partial charge in [-0.05, 0) is 23.6 Å². The van der Waals surface area contributed by atoms with E-state index in [1.807, 2.05) is 23.9 Å². The number of aryl methyl sites for hydroxylation is 1. The molecule has 96 valence electrons. The van der Waals surface area contributed by atoms with Crippen LogP contribution in [-0.4, -0.2) is 10.6 Å². The molecule has 3 rings (SSSR count). The number of hydrogen-bond acceptors (Lipinski definition) is 2. The van der Waals surface area contributed by atoms with Crippen LogP contribution in [0.2, 0.25) is 0 Å². The number of hydrogen-bond donors (Lipinski definition) is 1. The van der Waals surface area contributed by atoms with E-state index in [1.54, 1.807) is 0 Å². The van der Waals surface area contributed by atoms with Crippen LogP contribution in [-0.2, 0) is 13.6 Å². The van der Waals surface area contributed by atoms with Crippen LogP contribution in [0, 0.1) is 11.3 Å². The van der Waals surface area contributed by atoms with E-state index in [1.165, 1.54) is 17.5 Å². The van der Waals surface area contributed by atoms with E-state index >= 15 is 0 Å². The van der Waals surface area contributed by atoms with Crippen LogP contribution in [0.3, 0.4) is 0 Å². The van der Waals surface area contributed by atoms with Crippen LogP contribution in [0.25, 0.3) is 0 Å². The lowest BCUT2D eigenvalue weighted by Gasteiger charge is -2.02. The largest absolute Gasteiger partial charge is 0.342 e. The highest BCUT2D eigenvalue weighted by Crippen LogP contribution is 2.40. The summed E-state index contributed by atoms with van der Waals surface area (Å²) in [5, 5.41) is 12.5. The summed E-state index contributed by atoms with van der Waals surface area (Å²) in [5.74, 6) is 0.653. The quantitative estimate of drug-likeness (QED) is 0.907. The highest BCUT2D eigenvalue weighted by molar-refractivity contribution is 5.30. The maximum atomic E-state index is 8.92. The van der Waals surface area contributed by atoms with E-state index in [-0.39, 0.29) is 0 Å². The molecule has 0 amide bonds. The van der Waals surface area contributed by atoms with Gasteiger partial charge in [-0.2, -0.15) is 5.26 Å². The van der Waals surface area contributed by atoms with Gasteiger partial charge >= 0.3 is 0 Å². The van der Waals surface area contributed by atoms with Gasteiger partial charge in [0.1, 0.15) is 11.8 Å². The van der Waals surface area contributed by atoms with Crippen LogP contribution in [0.5, 0.6) is 0 Å². The summed E-state index contributed by atoms with van der Waals surface area (Å²) in [5.41, 5.74) is 3.32. The van der Waals surface area contributed by atoms with Crippen LogP contribution < -0.4 is 5.32 Å². The second kappa shape index (κ2) is 4.91. The molecule has 1 aliphatic rings. The van der Waals surface area contributed by atoms with Crippen molar-refractivity contribution in [2.75, 3.05) is 0 Å². The van der Waals surface area contributed by atoms with E-state index in [2.05, 4.69) is 41.7 Å². The standard InChI is InChI=1S/C16H17N3/c1-19-11-12(7-14(19)9-17)10-18-16-8-15(16)13-5-3-2-4-6-13/h2-7,11,15-16,18H,8,10H2,1H3. The van der Waals surface area contributed by atoms with Gasteiger partial charge in [0.15, 0.2) is 0 Å². The average molecular weight is 251 g/mol. The molecule has 0 bridgehead atoms. The van der Waals surface area contributed by atoms with Crippen molar-refractivity contribution in [2.45, 2.75) is 24.9 Å². The highest BCUT2D eigenvalue weighted by atomic mass is 15.0. The molecule has 1 aromatic carbocycles. The molecule has 1 fully saturated rings. The first-order chi connectivity index (χ1) is 9.28. The van der Waals surface area contributed by atoms with Crippen molar-refractivity contribution < 1.29 is 0 Å². The molecule has 2 unspecified atom stereocenters. The monoisotopic (exact) mass is 251 g/mol. The van der Waals surface area contributed by atoms with E-state index in [0.717, 1.165) is 6.54 Å². The molecule has 1 aromatic heterocycles. The third-order valence-corrected chi connectivity index (χ3v) is 3.76. The van der Waals surface area contributed by atoms with Gasteiger partial charge in [-0.3, -0.25) is 0 Å². The van der Waals surface area contributed by atoms with Crippen LogP contribution >= 0.6 is 0 Å². The lowest BCUT2D eigenvalue weighted by atomic mass is 10.1. The smallest absolute Gasteiger partial charge is 0.120 e. The SMILES string of the molecule is Cn1cc(CNC2CC2c2ccccc2)cc1C#N. The van der Waals surface area contributed by atoms with Crippen molar-refractivity contribution in [1.82, 2.24) is 9.88 Å². The Morgan fingerprint density at radius 1 is 1.37 bits per heavy atom. The Labute approximate surface area is 113 Å². The zero-order valence-corrected chi connectivity index (χ0v) is 11.0. The lowest BCUT2D eigenvalue weighted by molar-refractivity contribution is 0.672. The second-order valence-corrected chi connectivity index (χ2v) is 5.20. The van der Waals surface area contributed by atoms with Gasteiger partial charge < -0.3 is 9.88 Å². The maximum Gasteiger partial charge on any atom is 0.120 e. The number of rotatable bonds is 4. The lowest BCUT2D eigenvalue weighted by Crippen LogP contribution is -2.16. The summed E-state index contributed by atoms with van der Waals surface area (Å²) in [6.07, 6.45) is 3.23. The molecule has 0 spiro atoms. The Kier molecular flexibility index (Phi) is 3.10. The predicted molar refractivity (Wildman–Crippen MR) is 74.6 cm³/mol. The summed E-state index contributed by atoms with van der Waals surface area (Å²) in [6.45, 7) is 0.837. The zero-order chi connectivity index (χ0) is 13.2. The molecular formula is C16H17N3. The molecule has 3 heteroatoms. The average Bonchev–Trinajstić information content (AvgIpc) is 3.14. The molecule has 0 radical (unpaired) electrons. The van der Waals surface area contributed by atoms with E-state index in [4.69, 9.17) is 5.26 Å². The number of aromatic nitrogens is 1. The van der Waals surface area contributed by atoms with Gasteiger partial charge in [-0.15, -0.1) is 0 Å². The summed E-state index contributed by atoms with van der Waals surface area (Å²) >= 11 is 0. The Bertz CT molecular complexity index is 607. The first kappa shape index (κ1) is 12.0. The third kappa shape index (κ3) is 2.54. The Morgan fingerprint density at radius 2 is 2.16 bits per heavy atom. The summed E-state index contributed by atoms with van der Waals surface area (Å²) < 4.78 is 1.87. The molecule has 1 aliphatic carbocycles. The van der Waals surface area contributed by atoms with Crippen molar-refractivity contribution in [3.8, 4) is 6.07 Å². The first-order valence-electron chi connectivity index (χ1n) is 6.61. The topological polar surface area (TPSA) is 40.8 Å². The molecule has 2 atom stereocenters. The summed E-state index contributed by atoms with van der Waals surface area (Å²) in [6, 6.07) is 15.4. The Hall–Kier alpha value is -2.05. The number of nitrogens with zero attached hydrogens (tertiary/aromatic N) is 2. The van der Waals surface area contributed by atoms with Gasteiger partial charge in [-0.25, -0.2) is 0 Å². The van der Waals surface area contributed by atoms with Crippen molar-refractivity contribution in [3.05, 3.63) is 59.4 Å². The molecule has 19 heavy (non-hydrogen) atoms. The minimum atomic E-state index is 0.577. The van der Waals surface area contributed by atoms with Crippen molar-refractivity contribution in [1.29, 1.82) is 5.26 Å². The minimum Gasteiger partial charge on any atom is -0.342 e. The zero-order valence-electron chi connectivity index (χ0n) is 11.0. The van der Waals surface area contributed by atoms with E-state index < -0.39 is 0 Å². The van der Waals surface area contributed by atoms with Crippen LogP contribution in [0.4, 0.5) is 0 Å². The maximum absolute atomic E-state index is 8.92. The second-order valence-electron chi connectivity index (χ2n) is 5.20. The highest BCUT2D eigenvalue weighted by Gasteiger charge is 2.37. The molecule has 0 aliphatic heterocycles. The number of nitrogens with one attached hydrogen (secondary N) is 1. The fourth-order valence-electron chi connectivity index (χ4n) is 2.58. The predicted octanol–water partition coefficient (Wildman–Crippen LogP) is 2.54. The van der Waals surface area contributed by atoms with Gasteiger partial charge in [0.2, 0.25) is 0 Å². The minimum absolute atomic E-state index is 0.577. The Morgan fingerprint density at radius 3 is 2.84 bits per heavy atom. The molecule has 2 aromatic rings. The fraction of sp³-hybridized carbons (Fsp3) is 0.312. The van der Waals surface area contributed by atoms with Crippen molar-refractivity contribution in [3.63, 3.8) is 0 Å². The van der Waals surface area contributed by atoms with Gasteiger partial charge in [0.05, 0.1) is 0 Å². The van der Waals surface area contributed by atoms with Gasteiger partial charge in [0, 0.05) is 31.7 Å². The van der Waals surface area contributed by atoms with Gasteiger partial charge in [-0.1, -0.05) is 30.3 Å². The molecule has 1 heterocycles. The summed E-state index contributed by atoms with van der Waals surface area (Å²) in [7, 11) is 1.91. The third-order valence-electron chi connectivity index (χ3n) is 3.76. The fourth-order valence-corrected chi connectivity index (χ4v) is 2.58. The van der Waals surface area contributed by atoms with Gasteiger partial charge in [0.25, 0.3) is 0 Å².